The molecule has 3 N–H and O–H groups in total. The molecule has 3 rings (SSSR count). The number of nitrogens with one attached hydrogen (secondary N) is 1. The lowest BCUT2D eigenvalue weighted by Gasteiger charge is -2.23. The number of hydrogen-bond donors (Lipinski definition) is 2. The van der Waals surface area contributed by atoms with Crippen molar-refractivity contribution in [3.05, 3.63) is 28.5 Å². The van der Waals surface area contributed by atoms with Crippen LogP contribution in [-0.2, 0) is 4.79 Å². The Kier molecular flexibility index (Phi) is 4.57. The summed E-state index contributed by atoms with van der Waals surface area (Å²) < 4.78 is 0. The van der Waals surface area contributed by atoms with Gasteiger partial charge in [0.05, 0.1) is 22.1 Å². The zero-order chi connectivity index (χ0) is 16.6. The molecule has 8 heteroatoms. The number of anilines is 1. The lowest BCUT2D eigenvalue weighted by molar-refractivity contribution is -0.129. The first-order valence-corrected chi connectivity index (χ1v) is 8.11. The molecule has 1 aliphatic heterocycles. The first kappa shape index (κ1) is 16.2. The van der Waals surface area contributed by atoms with Crippen LogP contribution in [-0.4, -0.2) is 45.9 Å². The van der Waals surface area contributed by atoms with Crippen LogP contribution < -0.4 is 11.1 Å². The fraction of sp³-hybridized carbons (Fsp3) is 0.400. The van der Waals surface area contributed by atoms with E-state index in [1.807, 2.05) is 6.92 Å². The Labute approximate surface area is 144 Å². The van der Waals surface area contributed by atoms with E-state index in [-0.39, 0.29) is 24.5 Å². The Morgan fingerprint density at radius 3 is 2.83 bits per heavy atom. The quantitative estimate of drug-likeness (QED) is 0.884. The molecule has 2 heterocycles. The van der Waals surface area contributed by atoms with Gasteiger partial charge in [0.1, 0.15) is 12.1 Å². The molecule has 0 aliphatic carbocycles. The van der Waals surface area contributed by atoms with Gasteiger partial charge in [-0.2, -0.15) is 0 Å². The van der Waals surface area contributed by atoms with Crippen molar-refractivity contribution in [2.75, 3.05) is 18.4 Å². The number of carbonyl (C=O) groups is 1. The van der Waals surface area contributed by atoms with Gasteiger partial charge in [-0.05, 0) is 25.5 Å². The Bertz CT molecular complexity index is 754. The minimum absolute atomic E-state index is 0.00253. The van der Waals surface area contributed by atoms with Crippen molar-refractivity contribution in [3.63, 3.8) is 0 Å². The van der Waals surface area contributed by atoms with Crippen LogP contribution in [0.4, 0.5) is 5.82 Å². The third-order valence-electron chi connectivity index (χ3n) is 4.22. The van der Waals surface area contributed by atoms with Crippen LogP contribution in [0.1, 0.15) is 13.3 Å². The van der Waals surface area contributed by atoms with Gasteiger partial charge in [0.25, 0.3) is 0 Å². The van der Waals surface area contributed by atoms with Gasteiger partial charge in [0.15, 0.2) is 0 Å². The average molecular weight is 354 g/mol. The molecule has 0 radical (unpaired) electrons. The van der Waals surface area contributed by atoms with Crippen LogP contribution >= 0.6 is 23.2 Å². The van der Waals surface area contributed by atoms with Crippen LogP contribution in [0.5, 0.6) is 0 Å². The summed E-state index contributed by atoms with van der Waals surface area (Å²) in [6.07, 6.45) is 2.26. The van der Waals surface area contributed by atoms with Gasteiger partial charge in [0, 0.05) is 24.0 Å². The lowest BCUT2D eigenvalue weighted by atomic mass is 10.2. The summed E-state index contributed by atoms with van der Waals surface area (Å²) >= 11 is 12.1. The molecule has 1 saturated heterocycles. The van der Waals surface area contributed by atoms with Crippen LogP contribution in [0.15, 0.2) is 18.5 Å². The molecule has 23 heavy (non-hydrogen) atoms. The van der Waals surface area contributed by atoms with Gasteiger partial charge in [0.2, 0.25) is 5.91 Å². The molecule has 1 amide bonds. The topological polar surface area (TPSA) is 84.1 Å². The van der Waals surface area contributed by atoms with Gasteiger partial charge >= 0.3 is 0 Å². The third kappa shape index (κ3) is 3.20. The second-order valence-corrected chi connectivity index (χ2v) is 6.45. The molecule has 2 atom stereocenters. The largest absolute Gasteiger partial charge is 0.360 e. The minimum atomic E-state index is -0.00253. The number of amides is 1. The molecule has 6 nitrogen and oxygen atoms in total. The second-order valence-electron chi connectivity index (χ2n) is 5.64. The fourth-order valence-corrected chi connectivity index (χ4v) is 3.09. The molecule has 122 valence electrons. The van der Waals surface area contributed by atoms with E-state index in [4.69, 9.17) is 28.9 Å². The van der Waals surface area contributed by atoms with E-state index < -0.39 is 0 Å². The van der Waals surface area contributed by atoms with Crippen LogP contribution in [0, 0.1) is 0 Å². The molecule has 1 aromatic carbocycles. The second kappa shape index (κ2) is 6.47. The highest BCUT2D eigenvalue weighted by atomic mass is 35.5. The fourth-order valence-electron chi connectivity index (χ4n) is 2.77. The predicted molar refractivity (Wildman–Crippen MR) is 91.8 cm³/mol. The Morgan fingerprint density at radius 1 is 1.39 bits per heavy atom. The van der Waals surface area contributed by atoms with Crippen molar-refractivity contribution in [2.24, 2.45) is 5.73 Å². The molecule has 2 aromatic rings. The van der Waals surface area contributed by atoms with Gasteiger partial charge in [-0.3, -0.25) is 4.79 Å². The summed E-state index contributed by atoms with van der Waals surface area (Å²) in [5.41, 5.74) is 6.62. The van der Waals surface area contributed by atoms with E-state index in [9.17, 15) is 4.79 Å². The van der Waals surface area contributed by atoms with Crippen LogP contribution in [0.25, 0.3) is 10.9 Å². The third-order valence-corrected chi connectivity index (χ3v) is 4.94. The standard InChI is InChI=1S/C15H17Cl2N5O/c1-8-12(18)2-3-22(8)14(23)6-19-15-9-4-10(16)11(17)5-13(9)20-7-21-15/h4-5,7-8,12H,2-3,6,18H2,1H3,(H,19,20,21)/t8-,12+/m0/s1. The van der Waals surface area contributed by atoms with Crippen molar-refractivity contribution < 1.29 is 4.79 Å². The number of benzene rings is 1. The Hall–Kier alpha value is -1.63. The highest BCUT2D eigenvalue weighted by Gasteiger charge is 2.31. The number of likely N-dealkylation sites (tertiary alicyclic amines) is 1. The van der Waals surface area contributed by atoms with E-state index >= 15 is 0 Å². The highest BCUT2D eigenvalue weighted by Crippen LogP contribution is 2.29. The van der Waals surface area contributed by atoms with E-state index in [1.165, 1.54) is 6.33 Å². The first-order valence-electron chi connectivity index (χ1n) is 7.36. The zero-order valence-electron chi connectivity index (χ0n) is 12.6. The molecule has 0 saturated carbocycles. The molecule has 0 unspecified atom stereocenters. The molecule has 1 aliphatic rings. The van der Waals surface area contributed by atoms with Crippen molar-refractivity contribution in [1.82, 2.24) is 14.9 Å². The average Bonchev–Trinajstić information content (AvgIpc) is 2.86. The van der Waals surface area contributed by atoms with E-state index in [0.717, 1.165) is 11.8 Å². The summed E-state index contributed by atoms with van der Waals surface area (Å²) in [5, 5.41) is 4.63. The molecule has 0 bridgehead atoms. The molecular formula is C15H17Cl2N5O. The van der Waals surface area contributed by atoms with Crippen molar-refractivity contribution in [3.8, 4) is 0 Å². The van der Waals surface area contributed by atoms with E-state index in [1.54, 1.807) is 17.0 Å². The van der Waals surface area contributed by atoms with Crippen LogP contribution in [0.3, 0.4) is 0 Å². The number of aromatic nitrogens is 2. The van der Waals surface area contributed by atoms with Gasteiger partial charge in [-0.25, -0.2) is 9.97 Å². The zero-order valence-corrected chi connectivity index (χ0v) is 14.1. The Morgan fingerprint density at radius 2 is 2.13 bits per heavy atom. The first-order chi connectivity index (χ1) is 11.0. The van der Waals surface area contributed by atoms with Crippen molar-refractivity contribution in [1.29, 1.82) is 0 Å². The lowest BCUT2D eigenvalue weighted by Crippen LogP contribution is -2.42. The molecule has 0 spiro atoms. The Balaban J connectivity index is 1.77. The number of nitrogens with zero attached hydrogens (tertiary/aromatic N) is 3. The van der Waals surface area contributed by atoms with E-state index in [2.05, 4.69) is 15.3 Å². The molecule has 1 aromatic heterocycles. The highest BCUT2D eigenvalue weighted by molar-refractivity contribution is 6.42. The molecular weight excluding hydrogens is 337 g/mol. The van der Waals surface area contributed by atoms with Crippen LogP contribution in [0.2, 0.25) is 10.0 Å². The number of carbonyl (C=O) groups excluding carboxylic acids is 1. The number of hydrogen-bond acceptors (Lipinski definition) is 5. The maximum Gasteiger partial charge on any atom is 0.242 e. The minimum Gasteiger partial charge on any atom is -0.360 e. The number of halogens is 2. The maximum absolute atomic E-state index is 12.3. The number of nitrogens with two attached hydrogens (primary N) is 1. The predicted octanol–water partition coefficient (Wildman–Crippen LogP) is 2.30. The van der Waals surface area contributed by atoms with Gasteiger partial charge < -0.3 is 16.0 Å². The summed E-state index contributed by atoms with van der Waals surface area (Å²) in [7, 11) is 0. The smallest absolute Gasteiger partial charge is 0.242 e. The summed E-state index contributed by atoms with van der Waals surface area (Å²) in [4.78, 5) is 22.5. The van der Waals surface area contributed by atoms with E-state index in [0.29, 0.717) is 27.9 Å². The van der Waals surface area contributed by atoms with Gasteiger partial charge in [-0.15, -0.1) is 0 Å². The van der Waals surface area contributed by atoms with Crippen molar-refractivity contribution >= 4 is 45.8 Å². The molecule has 1 fully saturated rings. The summed E-state index contributed by atoms with van der Waals surface area (Å²) in [6.45, 7) is 2.80. The summed E-state index contributed by atoms with van der Waals surface area (Å²) in [6, 6.07) is 3.47. The number of rotatable bonds is 3. The SMILES string of the molecule is C[C@H]1[C@H](N)CCN1C(=O)CNc1ncnc2cc(Cl)c(Cl)cc12. The normalized spacial score (nSPS) is 21.0. The van der Waals surface area contributed by atoms with Crippen molar-refractivity contribution in [2.45, 2.75) is 25.4 Å². The maximum atomic E-state index is 12.3. The van der Waals surface area contributed by atoms with Gasteiger partial charge in [-0.1, -0.05) is 23.2 Å². The monoisotopic (exact) mass is 353 g/mol. The summed E-state index contributed by atoms with van der Waals surface area (Å²) in [5.74, 6) is 0.551. The number of fused-ring (bicyclic) bond motifs is 1.